The van der Waals surface area contributed by atoms with Gasteiger partial charge in [0, 0.05) is 23.6 Å². The molecule has 0 spiro atoms. The van der Waals surface area contributed by atoms with E-state index in [0.29, 0.717) is 17.2 Å². The first-order valence-electron chi connectivity index (χ1n) is 10.8. The van der Waals surface area contributed by atoms with Crippen molar-refractivity contribution in [2.24, 2.45) is 0 Å². The van der Waals surface area contributed by atoms with Crippen molar-refractivity contribution in [1.82, 2.24) is 5.32 Å². The van der Waals surface area contributed by atoms with Gasteiger partial charge in [0.05, 0.1) is 6.61 Å². The van der Waals surface area contributed by atoms with Gasteiger partial charge in [-0.2, -0.15) is 0 Å². The van der Waals surface area contributed by atoms with Gasteiger partial charge in [0.2, 0.25) is 0 Å². The molecule has 0 saturated heterocycles. The normalized spacial score (nSPS) is 11.9. The summed E-state index contributed by atoms with van der Waals surface area (Å²) in [5.41, 5.74) is 3.42. The molecule has 6 nitrogen and oxygen atoms in total. The Labute approximate surface area is 203 Å². The molecule has 3 aromatic carbocycles. The Kier molecular flexibility index (Phi) is 9.85. The number of halogens is 1. The molecule has 1 unspecified atom stereocenters. The highest BCUT2D eigenvalue weighted by molar-refractivity contribution is 6.30. The van der Waals surface area contributed by atoms with Crippen LogP contribution in [0, 0.1) is 0 Å². The van der Waals surface area contributed by atoms with E-state index in [9.17, 15) is 14.7 Å². The average Bonchev–Trinajstić information content (AvgIpc) is 2.86. The quantitative estimate of drug-likeness (QED) is 0.210. The van der Waals surface area contributed by atoms with Crippen LogP contribution in [0.25, 0.3) is 12.2 Å². The lowest BCUT2D eigenvalue weighted by atomic mass is 10.1. The summed E-state index contributed by atoms with van der Waals surface area (Å²) in [5, 5.41) is 12.8. The first-order valence-corrected chi connectivity index (χ1v) is 11.2. The van der Waals surface area contributed by atoms with Crippen molar-refractivity contribution in [3.05, 3.63) is 106 Å². The molecule has 0 saturated carbocycles. The average molecular weight is 480 g/mol. The predicted molar refractivity (Wildman–Crippen MR) is 132 cm³/mol. The van der Waals surface area contributed by atoms with Crippen LogP contribution >= 0.6 is 11.6 Å². The van der Waals surface area contributed by atoms with Gasteiger partial charge >= 0.3 is 5.97 Å². The third-order valence-corrected chi connectivity index (χ3v) is 5.19. The number of benzene rings is 3. The maximum Gasteiger partial charge on any atom is 0.332 e. The lowest BCUT2D eigenvalue weighted by Crippen LogP contribution is -2.32. The molecule has 0 aliphatic rings. The molecule has 1 atom stereocenters. The van der Waals surface area contributed by atoms with E-state index in [0.717, 1.165) is 16.7 Å². The first kappa shape index (κ1) is 25.2. The van der Waals surface area contributed by atoms with E-state index >= 15 is 0 Å². The third-order valence-electron chi connectivity index (χ3n) is 4.94. The summed E-state index contributed by atoms with van der Waals surface area (Å²) in [6, 6.07) is 24.1. The van der Waals surface area contributed by atoms with E-state index in [2.05, 4.69) is 5.32 Å². The fraction of sp³-hybridized carbons (Fsp3) is 0.185. The lowest BCUT2D eigenvalue weighted by molar-refractivity contribution is -0.162. The molecule has 2 N–H and O–H groups in total. The van der Waals surface area contributed by atoms with Crippen LogP contribution in [-0.2, 0) is 20.9 Å². The standard InChI is InChI=1S/C27H26ClNO5/c28-24-14-10-21(11-15-24)7-6-20-8-12-23(13-9-20)26(30)29-17-16-25(27(31)32)34-19-33-18-22-4-2-1-3-5-22/h1-15,25H,16-19H2,(H,29,30)(H,31,32). The number of carboxylic acid groups (broad SMARTS) is 1. The number of ether oxygens (including phenoxy) is 2. The molecule has 0 aliphatic carbocycles. The van der Waals surface area contributed by atoms with E-state index in [1.165, 1.54) is 0 Å². The Morgan fingerprint density at radius 3 is 2.15 bits per heavy atom. The highest BCUT2D eigenvalue weighted by atomic mass is 35.5. The summed E-state index contributed by atoms with van der Waals surface area (Å²) < 4.78 is 10.7. The van der Waals surface area contributed by atoms with Gasteiger partial charge in [-0.3, -0.25) is 4.79 Å². The second-order valence-corrected chi connectivity index (χ2v) is 7.93. The van der Waals surface area contributed by atoms with Crippen LogP contribution in [0.1, 0.15) is 33.5 Å². The number of carboxylic acids is 1. The third kappa shape index (κ3) is 8.48. The molecular formula is C27H26ClNO5. The molecule has 0 fully saturated rings. The fourth-order valence-electron chi connectivity index (χ4n) is 3.07. The zero-order valence-electron chi connectivity index (χ0n) is 18.5. The summed E-state index contributed by atoms with van der Waals surface area (Å²) in [7, 11) is 0. The highest BCUT2D eigenvalue weighted by Crippen LogP contribution is 2.13. The summed E-state index contributed by atoms with van der Waals surface area (Å²) in [6.07, 6.45) is 2.95. The van der Waals surface area contributed by atoms with Crippen molar-refractivity contribution in [3.63, 3.8) is 0 Å². The molecule has 34 heavy (non-hydrogen) atoms. The van der Waals surface area contributed by atoms with Gasteiger partial charge in [0.25, 0.3) is 5.91 Å². The zero-order valence-corrected chi connectivity index (χ0v) is 19.3. The number of rotatable bonds is 12. The van der Waals surface area contributed by atoms with Gasteiger partial charge in [0.15, 0.2) is 6.10 Å². The minimum absolute atomic E-state index is 0.123. The number of aliphatic carboxylic acids is 1. The van der Waals surface area contributed by atoms with Crippen LogP contribution in [0.15, 0.2) is 78.9 Å². The molecule has 1 amide bonds. The van der Waals surface area contributed by atoms with Gasteiger partial charge < -0.3 is 19.9 Å². The largest absolute Gasteiger partial charge is 0.479 e. The Hall–Kier alpha value is -3.45. The van der Waals surface area contributed by atoms with Crippen LogP contribution < -0.4 is 5.32 Å². The van der Waals surface area contributed by atoms with Crippen LogP contribution in [0.2, 0.25) is 5.02 Å². The molecular weight excluding hydrogens is 454 g/mol. The number of amides is 1. The summed E-state index contributed by atoms with van der Waals surface area (Å²) >= 11 is 5.89. The molecule has 3 rings (SSSR count). The van der Waals surface area contributed by atoms with Crippen molar-refractivity contribution < 1.29 is 24.2 Å². The summed E-state index contributed by atoms with van der Waals surface area (Å²) in [4.78, 5) is 23.8. The molecule has 0 aromatic heterocycles. The maximum atomic E-state index is 12.4. The Bertz CT molecular complexity index is 1080. The summed E-state index contributed by atoms with van der Waals surface area (Å²) in [5.74, 6) is -1.38. The van der Waals surface area contributed by atoms with Crippen LogP contribution in [0.4, 0.5) is 0 Å². The van der Waals surface area contributed by atoms with E-state index in [4.69, 9.17) is 21.1 Å². The van der Waals surface area contributed by atoms with Crippen molar-refractivity contribution in [3.8, 4) is 0 Å². The van der Waals surface area contributed by atoms with Gasteiger partial charge in [0.1, 0.15) is 6.79 Å². The Morgan fingerprint density at radius 2 is 1.53 bits per heavy atom. The smallest absolute Gasteiger partial charge is 0.332 e. The van der Waals surface area contributed by atoms with Gasteiger partial charge in [-0.05, 0) is 41.0 Å². The Balaban J connectivity index is 1.40. The fourth-order valence-corrected chi connectivity index (χ4v) is 3.20. The minimum atomic E-state index is -1.10. The number of nitrogens with one attached hydrogen (secondary N) is 1. The molecule has 0 aliphatic heterocycles. The minimum Gasteiger partial charge on any atom is -0.479 e. The van der Waals surface area contributed by atoms with Crippen molar-refractivity contribution in [1.29, 1.82) is 0 Å². The lowest BCUT2D eigenvalue weighted by Gasteiger charge is -2.14. The van der Waals surface area contributed by atoms with Crippen LogP contribution in [0.5, 0.6) is 0 Å². The SMILES string of the molecule is O=C(NCCC(OCOCc1ccccc1)C(=O)O)c1ccc(C=Cc2ccc(Cl)cc2)cc1. The first-order chi connectivity index (χ1) is 16.5. The van der Waals surface area contributed by atoms with Gasteiger partial charge in [-0.25, -0.2) is 4.79 Å². The van der Waals surface area contributed by atoms with Crippen molar-refractivity contribution in [2.75, 3.05) is 13.3 Å². The predicted octanol–water partition coefficient (Wildman–Crippen LogP) is 5.27. The summed E-state index contributed by atoms with van der Waals surface area (Å²) in [6.45, 7) is 0.340. The number of hydrogen-bond acceptors (Lipinski definition) is 4. The van der Waals surface area contributed by atoms with Crippen LogP contribution in [-0.4, -0.2) is 36.4 Å². The van der Waals surface area contributed by atoms with E-state index in [1.807, 2.05) is 78.9 Å². The molecule has 0 radical (unpaired) electrons. The number of carbonyl (C=O) groups excluding carboxylic acids is 1. The monoisotopic (exact) mass is 479 g/mol. The van der Waals surface area contributed by atoms with E-state index in [1.54, 1.807) is 12.1 Å². The topological polar surface area (TPSA) is 84.9 Å². The maximum absolute atomic E-state index is 12.4. The molecule has 7 heteroatoms. The molecule has 0 heterocycles. The van der Waals surface area contributed by atoms with Crippen molar-refractivity contribution >= 4 is 35.6 Å². The number of carbonyl (C=O) groups is 2. The molecule has 3 aromatic rings. The van der Waals surface area contributed by atoms with E-state index in [-0.39, 0.29) is 25.7 Å². The van der Waals surface area contributed by atoms with Gasteiger partial charge in [-0.15, -0.1) is 0 Å². The molecule has 0 bridgehead atoms. The second kappa shape index (κ2) is 13.3. The highest BCUT2D eigenvalue weighted by Gasteiger charge is 2.18. The van der Waals surface area contributed by atoms with Gasteiger partial charge in [-0.1, -0.05) is 78.4 Å². The zero-order chi connectivity index (χ0) is 24.2. The van der Waals surface area contributed by atoms with Crippen LogP contribution in [0.3, 0.4) is 0 Å². The van der Waals surface area contributed by atoms with Crippen molar-refractivity contribution in [2.45, 2.75) is 19.1 Å². The second-order valence-electron chi connectivity index (χ2n) is 7.50. The number of hydrogen-bond donors (Lipinski definition) is 2. The molecule has 176 valence electrons. The Morgan fingerprint density at radius 1 is 0.912 bits per heavy atom. The van der Waals surface area contributed by atoms with E-state index < -0.39 is 12.1 Å².